The molecule has 2 atom stereocenters. The Balaban J connectivity index is 1.98. The van der Waals surface area contributed by atoms with Crippen LogP contribution in [0.1, 0.15) is 39.1 Å². The van der Waals surface area contributed by atoms with E-state index in [9.17, 15) is 4.39 Å². The molecule has 1 aliphatic heterocycles. The minimum atomic E-state index is -0.320. The Kier molecular flexibility index (Phi) is 3.88. The number of halogens is 1. The van der Waals surface area contributed by atoms with E-state index in [1.807, 2.05) is 0 Å². The number of nitrogens with zero attached hydrogens (tertiary/aromatic N) is 2. The summed E-state index contributed by atoms with van der Waals surface area (Å²) in [6, 6.07) is 6.84. The van der Waals surface area contributed by atoms with E-state index in [2.05, 4.69) is 41.8 Å². The number of nitrogens with one attached hydrogen (secondary N) is 3. The van der Waals surface area contributed by atoms with E-state index in [0.717, 1.165) is 6.42 Å². The molecule has 2 aromatic rings. The zero-order valence-corrected chi connectivity index (χ0v) is 13.7. The van der Waals surface area contributed by atoms with Gasteiger partial charge in [-0.1, -0.05) is 32.9 Å². The summed E-state index contributed by atoms with van der Waals surface area (Å²) < 4.78 is 16.2. The molecule has 0 radical (unpaired) electrons. The van der Waals surface area contributed by atoms with Crippen molar-refractivity contribution in [3.05, 3.63) is 40.7 Å². The highest BCUT2D eigenvalue weighted by atomic mass is 32.1. The summed E-state index contributed by atoms with van der Waals surface area (Å²) in [5.74, 6) is 0.369. The Morgan fingerprint density at radius 3 is 2.64 bits per heavy atom. The van der Waals surface area contributed by atoms with Crippen molar-refractivity contribution in [2.45, 2.75) is 39.3 Å². The molecule has 0 spiro atoms. The quantitative estimate of drug-likeness (QED) is 0.744. The zero-order valence-electron chi connectivity index (χ0n) is 12.9. The van der Waals surface area contributed by atoms with Crippen molar-refractivity contribution >= 4 is 12.2 Å². The molecule has 3 N–H and O–H groups in total. The van der Waals surface area contributed by atoms with Gasteiger partial charge in [-0.15, -0.1) is 0 Å². The molecule has 2 heterocycles. The van der Waals surface area contributed by atoms with Crippen molar-refractivity contribution in [2.75, 3.05) is 0 Å². The maximum Gasteiger partial charge on any atom is 0.200 e. The summed E-state index contributed by atoms with van der Waals surface area (Å²) in [6.45, 7) is 6.55. The van der Waals surface area contributed by atoms with E-state index in [-0.39, 0.29) is 17.3 Å². The molecule has 1 fully saturated rings. The molecule has 7 heteroatoms. The van der Waals surface area contributed by atoms with Crippen LogP contribution in [0.4, 0.5) is 4.39 Å². The molecule has 0 aliphatic carbocycles. The lowest BCUT2D eigenvalue weighted by Gasteiger charge is -2.25. The fourth-order valence-corrected chi connectivity index (χ4v) is 2.94. The van der Waals surface area contributed by atoms with Crippen LogP contribution in [0.15, 0.2) is 24.3 Å². The predicted octanol–water partition coefficient (Wildman–Crippen LogP) is 3.02. The van der Waals surface area contributed by atoms with Crippen molar-refractivity contribution in [3.63, 3.8) is 0 Å². The second-order valence-corrected chi connectivity index (χ2v) is 7.06. The Labute approximate surface area is 133 Å². The van der Waals surface area contributed by atoms with Crippen LogP contribution in [0, 0.1) is 16.0 Å². The summed E-state index contributed by atoms with van der Waals surface area (Å²) in [4.78, 5) is 0. The van der Waals surface area contributed by atoms with Crippen LogP contribution in [-0.4, -0.2) is 20.8 Å². The van der Waals surface area contributed by atoms with Gasteiger partial charge in [-0.05, 0) is 36.2 Å². The van der Waals surface area contributed by atoms with Gasteiger partial charge in [0.2, 0.25) is 0 Å². The molecule has 1 aliphatic rings. The lowest BCUT2D eigenvalue weighted by Crippen LogP contribution is -2.39. The second-order valence-electron chi connectivity index (χ2n) is 6.67. The molecule has 22 heavy (non-hydrogen) atoms. The normalized spacial score (nSPS) is 22.2. The van der Waals surface area contributed by atoms with Gasteiger partial charge in [-0.25, -0.2) is 9.82 Å². The van der Waals surface area contributed by atoms with Gasteiger partial charge in [0.1, 0.15) is 5.82 Å². The Hall–Kier alpha value is -1.57. The topological polar surface area (TPSA) is 57.7 Å². The molecule has 1 aromatic carbocycles. The fraction of sp³-hybridized carbons (Fsp3) is 0.467. The van der Waals surface area contributed by atoms with E-state index in [1.165, 1.54) is 6.07 Å². The maximum absolute atomic E-state index is 14.1. The average molecular weight is 321 g/mol. The highest BCUT2D eigenvalue weighted by molar-refractivity contribution is 7.71. The number of H-pyrrole nitrogens is 1. The molecule has 118 valence electrons. The van der Waals surface area contributed by atoms with E-state index in [1.54, 1.807) is 22.8 Å². The number of para-hydroxylation sites is 1. The summed E-state index contributed by atoms with van der Waals surface area (Å²) in [6.07, 6.45) is 0.859. The molecular weight excluding hydrogens is 301 g/mol. The summed E-state index contributed by atoms with van der Waals surface area (Å²) in [7, 11) is 0. The molecule has 0 amide bonds. The van der Waals surface area contributed by atoms with Gasteiger partial charge >= 0.3 is 0 Å². The molecule has 0 bridgehead atoms. The maximum atomic E-state index is 14.1. The Morgan fingerprint density at radius 1 is 1.27 bits per heavy atom. The van der Waals surface area contributed by atoms with Crippen LogP contribution in [0.2, 0.25) is 0 Å². The van der Waals surface area contributed by atoms with E-state index >= 15 is 0 Å². The minimum absolute atomic E-state index is 0.0308. The molecule has 0 saturated carbocycles. The Morgan fingerprint density at radius 2 is 2.00 bits per heavy atom. The minimum Gasteiger partial charge on any atom is -0.268 e. The lowest BCUT2D eigenvalue weighted by molar-refractivity contribution is 0.285. The first-order valence-corrected chi connectivity index (χ1v) is 7.72. The van der Waals surface area contributed by atoms with E-state index < -0.39 is 0 Å². The second kappa shape index (κ2) is 5.57. The molecule has 2 unspecified atom stereocenters. The zero-order chi connectivity index (χ0) is 15.9. The van der Waals surface area contributed by atoms with Crippen LogP contribution in [0.5, 0.6) is 0 Å². The van der Waals surface area contributed by atoms with Crippen LogP contribution in [0.25, 0.3) is 5.69 Å². The summed E-state index contributed by atoms with van der Waals surface area (Å²) >= 11 is 5.28. The number of aromatic nitrogens is 3. The van der Waals surface area contributed by atoms with Gasteiger partial charge in [-0.2, -0.15) is 5.10 Å². The third-order valence-corrected chi connectivity index (χ3v) is 4.33. The third kappa shape index (κ3) is 2.71. The number of aromatic amines is 1. The highest BCUT2D eigenvalue weighted by Gasteiger charge is 2.35. The number of hydrogen-bond acceptors (Lipinski definition) is 4. The van der Waals surface area contributed by atoms with Gasteiger partial charge < -0.3 is 0 Å². The number of rotatable bonds is 2. The molecule has 5 nitrogen and oxygen atoms in total. The third-order valence-electron chi connectivity index (χ3n) is 4.05. The smallest absolute Gasteiger partial charge is 0.200 e. The van der Waals surface area contributed by atoms with Gasteiger partial charge in [-0.3, -0.25) is 15.1 Å². The van der Waals surface area contributed by atoms with E-state index in [0.29, 0.717) is 22.3 Å². The Bertz CT molecular complexity index is 730. The van der Waals surface area contributed by atoms with E-state index in [4.69, 9.17) is 12.2 Å². The summed E-state index contributed by atoms with van der Waals surface area (Å²) in [5, 5.41) is 7.08. The highest BCUT2D eigenvalue weighted by Crippen LogP contribution is 2.31. The van der Waals surface area contributed by atoms with Crippen LogP contribution < -0.4 is 10.9 Å². The average Bonchev–Trinajstić information content (AvgIpc) is 3.05. The SMILES string of the molecule is CC(C)(C)C1CC(c2n[nH]c(=S)n2-c2ccccc2F)NN1. The largest absolute Gasteiger partial charge is 0.268 e. The molecule has 3 rings (SSSR count). The van der Waals surface area contributed by atoms with Crippen LogP contribution in [-0.2, 0) is 0 Å². The molecule has 1 aromatic heterocycles. The van der Waals surface area contributed by atoms with Gasteiger partial charge in [0, 0.05) is 6.04 Å². The van der Waals surface area contributed by atoms with Gasteiger partial charge in [0.25, 0.3) is 0 Å². The first-order valence-electron chi connectivity index (χ1n) is 7.31. The van der Waals surface area contributed by atoms with Crippen molar-refractivity contribution in [1.29, 1.82) is 0 Å². The van der Waals surface area contributed by atoms with Crippen LogP contribution in [0.3, 0.4) is 0 Å². The van der Waals surface area contributed by atoms with Crippen molar-refractivity contribution in [3.8, 4) is 5.69 Å². The number of hydrogen-bond donors (Lipinski definition) is 3. The van der Waals surface area contributed by atoms with Crippen LogP contribution >= 0.6 is 12.2 Å². The monoisotopic (exact) mass is 321 g/mol. The van der Waals surface area contributed by atoms with Crippen molar-refractivity contribution in [1.82, 2.24) is 25.6 Å². The standard InChI is InChI=1S/C15H20FN5S/c1-15(2,3)12-8-10(17-18-12)13-19-20-14(22)21(13)11-7-5-4-6-9(11)16/h4-7,10,12,17-18H,8H2,1-3H3,(H,20,22). The van der Waals surface area contributed by atoms with Crippen molar-refractivity contribution in [2.24, 2.45) is 5.41 Å². The lowest BCUT2D eigenvalue weighted by atomic mass is 9.84. The van der Waals surface area contributed by atoms with Gasteiger partial charge in [0.15, 0.2) is 10.6 Å². The van der Waals surface area contributed by atoms with Crippen molar-refractivity contribution < 1.29 is 4.39 Å². The number of benzene rings is 1. The first-order chi connectivity index (χ1) is 10.4. The number of hydrazine groups is 1. The summed E-state index contributed by atoms with van der Waals surface area (Å²) in [5.41, 5.74) is 7.09. The van der Waals surface area contributed by atoms with Gasteiger partial charge in [0.05, 0.1) is 11.7 Å². The molecule has 1 saturated heterocycles. The molecular formula is C15H20FN5S. The predicted molar refractivity (Wildman–Crippen MR) is 85.6 cm³/mol. The first kappa shape index (κ1) is 15.3. The fourth-order valence-electron chi connectivity index (χ4n) is 2.70.